The van der Waals surface area contributed by atoms with Gasteiger partial charge in [-0.2, -0.15) is 5.26 Å². The Kier molecular flexibility index (Phi) is 5.03. The van der Waals surface area contributed by atoms with Gasteiger partial charge in [0.15, 0.2) is 0 Å². The van der Waals surface area contributed by atoms with Gasteiger partial charge >= 0.3 is 0 Å². The molecule has 2 fully saturated rings. The lowest BCUT2D eigenvalue weighted by Crippen LogP contribution is -2.47. The predicted molar refractivity (Wildman–Crippen MR) is 101 cm³/mol. The van der Waals surface area contributed by atoms with E-state index in [0.717, 1.165) is 69.8 Å². The average molecular weight is 368 g/mol. The Morgan fingerprint density at radius 1 is 0.889 bits per heavy atom. The zero-order valence-electron chi connectivity index (χ0n) is 15.0. The van der Waals surface area contributed by atoms with Gasteiger partial charge in [-0.15, -0.1) is 0 Å². The molecule has 7 nitrogen and oxygen atoms in total. The molecule has 4 rings (SSSR count). The molecule has 0 bridgehead atoms. The lowest BCUT2D eigenvalue weighted by atomic mass is 10.1. The Labute approximate surface area is 157 Å². The summed E-state index contributed by atoms with van der Waals surface area (Å²) in [6.07, 6.45) is 1.61. The molecule has 2 aliphatic heterocycles. The number of rotatable bonds is 3. The van der Waals surface area contributed by atoms with Crippen molar-refractivity contribution in [1.82, 2.24) is 9.97 Å². The molecule has 8 heteroatoms. The van der Waals surface area contributed by atoms with Crippen molar-refractivity contribution in [2.45, 2.75) is 0 Å². The summed E-state index contributed by atoms with van der Waals surface area (Å²) in [6, 6.07) is 8.50. The fourth-order valence-corrected chi connectivity index (χ4v) is 3.53. The van der Waals surface area contributed by atoms with Crippen molar-refractivity contribution < 1.29 is 9.13 Å². The molecule has 27 heavy (non-hydrogen) atoms. The minimum Gasteiger partial charge on any atom is -0.378 e. The summed E-state index contributed by atoms with van der Waals surface area (Å²) in [5, 5.41) is 9.27. The molecule has 2 saturated heterocycles. The Morgan fingerprint density at radius 3 is 2.19 bits per heavy atom. The average Bonchev–Trinajstić information content (AvgIpc) is 2.74. The molecule has 0 radical (unpaired) electrons. The first-order valence-electron chi connectivity index (χ1n) is 9.09. The van der Waals surface area contributed by atoms with E-state index in [1.807, 2.05) is 6.07 Å². The normalized spacial score (nSPS) is 17.7. The van der Waals surface area contributed by atoms with Crippen LogP contribution in [0.1, 0.15) is 5.56 Å². The Balaban J connectivity index is 1.44. The quantitative estimate of drug-likeness (QED) is 0.816. The van der Waals surface area contributed by atoms with E-state index in [1.165, 1.54) is 12.1 Å². The van der Waals surface area contributed by atoms with Crippen LogP contribution in [0.25, 0.3) is 0 Å². The van der Waals surface area contributed by atoms with E-state index in [1.54, 1.807) is 12.4 Å². The first kappa shape index (κ1) is 17.5. The molecule has 0 atom stereocenters. The second-order valence-corrected chi connectivity index (χ2v) is 6.58. The summed E-state index contributed by atoms with van der Waals surface area (Å²) >= 11 is 0. The minimum atomic E-state index is -0.384. The number of nitrogens with zero attached hydrogens (tertiary/aromatic N) is 6. The highest BCUT2D eigenvalue weighted by molar-refractivity contribution is 5.60. The van der Waals surface area contributed by atoms with Gasteiger partial charge in [-0.25, -0.2) is 14.4 Å². The summed E-state index contributed by atoms with van der Waals surface area (Å²) in [6.45, 7) is 6.17. The van der Waals surface area contributed by atoms with Crippen molar-refractivity contribution in [3.05, 3.63) is 42.0 Å². The highest BCUT2D eigenvalue weighted by atomic mass is 19.1. The van der Waals surface area contributed by atoms with Gasteiger partial charge in [0.1, 0.15) is 29.8 Å². The van der Waals surface area contributed by atoms with E-state index in [0.29, 0.717) is 5.56 Å². The Hall–Kier alpha value is -2.92. The van der Waals surface area contributed by atoms with Gasteiger partial charge in [-0.05, 0) is 18.2 Å². The van der Waals surface area contributed by atoms with Crippen LogP contribution in [0, 0.1) is 17.1 Å². The van der Waals surface area contributed by atoms with Crippen LogP contribution in [-0.2, 0) is 4.74 Å². The molecule has 140 valence electrons. The van der Waals surface area contributed by atoms with Gasteiger partial charge < -0.3 is 19.4 Å². The number of aromatic nitrogens is 2. The fourth-order valence-electron chi connectivity index (χ4n) is 3.53. The SMILES string of the molecule is N#Cc1cc(F)ccc1N1CCN(c2cc(N3CCOCC3)ncn2)CC1. The molecule has 1 aromatic carbocycles. The molecule has 0 aliphatic carbocycles. The summed E-state index contributed by atoms with van der Waals surface area (Å²) < 4.78 is 18.8. The maximum atomic E-state index is 13.4. The molecule has 0 saturated carbocycles. The van der Waals surface area contributed by atoms with Crippen LogP contribution < -0.4 is 14.7 Å². The third-order valence-corrected chi connectivity index (χ3v) is 5.00. The maximum Gasteiger partial charge on any atom is 0.134 e. The first-order chi connectivity index (χ1) is 13.2. The second kappa shape index (κ2) is 7.76. The second-order valence-electron chi connectivity index (χ2n) is 6.58. The predicted octanol–water partition coefficient (Wildman–Crippen LogP) is 1.65. The minimum absolute atomic E-state index is 0.375. The monoisotopic (exact) mass is 368 g/mol. The topological polar surface area (TPSA) is 68.5 Å². The molecule has 1 aromatic heterocycles. The summed E-state index contributed by atoms with van der Waals surface area (Å²) in [7, 11) is 0. The van der Waals surface area contributed by atoms with Crippen LogP contribution in [0.5, 0.6) is 0 Å². The van der Waals surface area contributed by atoms with E-state index in [-0.39, 0.29) is 5.82 Å². The smallest absolute Gasteiger partial charge is 0.134 e. The summed E-state index contributed by atoms with van der Waals surface area (Å²) in [5.41, 5.74) is 1.16. The third-order valence-electron chi connectivity index (χ3n) is 5.00. The van der Waals surface area contributed by atoms with Crippen molar-refractivity contribution >= 4 is 17.3 Å². The number of halogens is 1. The number of ether oxygens (including phenoxy) is 1. The number of benzene rings is 1. The lowest BCUT2D eigenvalue weighted by Gasteiger charge is -2.37. The number of morpholine rings is 1. The lowest BCUT2D eigenvalue weighted by molar-refractivity contribution is 0.122. The van der Waals surface area contributed by atoms with Crippen molar-refractivity contribution in [2.24, 2.45) is 0 Å². The van der Waals surface area contributed by atoms with Crippen LogP contribution in [0.2, 0.25) is 0 Å². The fraction of sp³-hybridized carbons (Fsp3) is 0.421. The highest BCUT2D eigenvalue weighted by Gasteiger charge is 2.22. The summed E-state index contributed by atoms with van der Waals surface area (Å²) in [4.78, 5) is 15.4. The van der Waals surface area contributed by atoms with Crippen LogP contribution >= 0.6 is 0 Å². The molecule has 2 aliphatic rings. The molecule has 0 N–H and O–H groups in total. The van der Waals surface area contributed by atoms with Crippen molar-refractivity contribution in [3.63, 3.8) is 0 Å². The van der Waals surface area contributed by atoms with Crippen molar-refractivity contribution in [2.75, 3.05) is 67.2 Å². The zero-order chi connectivity index (χ0) is 18.6. The Bertz CT molecular complexity index is 840. The van der Waals surface area contributed by atoms with Crippen LogP contribution in [0.15, 0.2) is 30.6 Å². The Morgan fingerprint density at radius 2 is 1.52 bits per heavy atom. The number of hydrogen-bond donors (Lipinski definition) is 0. The van der Waals surface area contributed by atoms with E-state index in [2.05, 4.69) is 30.7 Å². The molecular weight excluding hydrogens is 347 g/mol. The number of anilines is 3. The first-order valence-corrected chi connectivity index (χ1v) is 9.09. The van der Waals surface area contributed by atoms with Gasteiger partial charge in [0.05, 0.1) is 24.5 Å². The zero-order valence-corrected chi connectivity index (χ0v) is 15.0. The number of piperazine rings is 1. The van der Waals surface area contributed by atoms with Gasteiger partial charge in [0.2, 0.25) is 0 Å². The largest absolute Gasteiger partial charge is 0.378 e. The van der Waals surface area contributed by atoms with Crippen LogP contribution in [0.3, 0.4) is 0 Å². The van der Waals surface area contributed by atoms with Gasteiger partial charge in [0.25, 0.3) is 0 Å². The van der Waals surface area contributed by atoms with Crippen LogP contribution in [0.4, 0.5) is 21.7 Å². The maximum absolute atomic E-state index is 13.4. The van der Waals surface area contributed by atoms with Gasteiger partial charge in [-0.3, -0.25) is 0 Å². The van der Waals surface area contributed by atoms with E-state index in [9.17, 15) is 9.65 Å². The highest BCUT2D eigenvalue weighted by Crippen LogP contribution is 2.25. The van der Waals surface area contributed by atoms with E-state index in [4.69, 9.17) is 4.74 Å². The van der Waals surface area contributed by atoms with Gasteiger partial charge in [0, 0.05) is 45.3 Å². The number of nitriles is 1. The molecular formula is C19H21FN6O. The van der Waals surface area contributed by atoms with E-state index >= 15 is 0 Å². The number of hydrogen-bond acceptors (Lipinski definition) is 7. The third kappa shape index (κ3) is 3.78. The molecule has 0 spiro atoms. The molecule has 3 heterocycles. The standard InChI is InChI=1S/C19H21FN6O/c20-16-1-2-17(15(11-16)13-21)24-3-5-25(6-4-24)18-12-19(23-14-22-18)26-7-9-27-10-8-26/h1-2,11-12,14H,3-10H2. The van der Waals surface area contributed by atoms with Crippen molar-refractivity contribution in [1.29, 1.82) is 5.26 Å². The van der Waals surface area contributed by atoms with Crippen LogP contribution in [-0.4, -0.2) is 62.5 Å². The molecule has 0 unspecified atom stereocenters. The van der Waals surface area contributed by atoms with Crippen molar-refractivity contribution in [3.8, 4) is 6.07 Å². The van der Waals surface area contributed by atoms with Gasteiger partial charge in [-0.1, -0.05) is 0 Å². The summed E-state index contributed by atoms with van der Waals surface area (Å²) in [5.74, 6) is 1.45. The van der Waals surface area contributed by atoms with E-state index < -0.39 is 0 Å². The molecule has 0 amide bonds. The molecule has 2 aromatic rings.